The first-order valence-electron chi connectivity index (χ1n) is 15.6. The number of nitrogens with one attached hydrogen (secondary N) is 4. The fourth-order valence-corrected chi connectivity index (χ4v) is 6.74. The summed E-state index contributed by atoms with van der Waals surface area (Å²) in [6.45, 7) is 18.7. The quantitative estimate of drug-likeness (QED) is 0.149. The maximum atomic E-state index is 14.2. The third-order valence-corrected chi connectivity index (χ3v) is 10.6. The topological polar surface area (TPSA) is 174 Å². The highest BCUT2D eigenvalue weighted by atomic mass is 32.2. The maximum absolute atomic E-state index is 14.2. The second-order valence-corrected chi connectivity index (χ2v) is 16.2. The third-order valence-electron chi connectivity index (χ3n) is 9.03. The third kappa shape index (κ3) is 8.95. The van der Waals surface area contributed by atoms with Gasteiger partial charge >= 0.3 is 21.6 Å². The van der Waals surface area contributed by atoms with Crippen LogP contribution < -0.4 is 21.3 Å². The van der Waals surface area contributed by atoms with Crippen molar-refractivity contribution >= 4 is 39.6 Å². The Balaban J connectivity index is 2.32. The van der Waals surface area contributed by atoms with Crippen molar-refractivity contribution in [2.24, 2.45) is 22.7 Å². The average molecular weight is 707 g/mol. The molecule has 4 N–H and O–H groups in total. The second kappa shape index (κ2) is 15.0. The number of halogens is 3. The van der Waals surface area contributed by atoms with E-state index in [1.54, 1.807) is 27.7 Å². The van der Waals surface area contributed by atoms with Crippen molar-refractivity contribution in [1.29, 1.82) is 0 Å². The van der Waals surface area contributed by atoms with E-state index in [2.05, 4.69) is 34.4 Å². The Hall–Kier alpha value is -3.47. The first kappa shape index (κ1) is 40.7. The van der Waals surface area contributed by atoms with E-state index < -0.39 is 81.2 Å². The first-order valence-corrected chi connectivity index (χ1v) is 17.1. The lowest BCUT2D eigenvalue weighted by Gasteiger charge is -2.38. The monoisotopic (exact) mass is 706 g/mol. The molecule has 1 aliphatic heterocycles. The molecule has 1 saturated carbocycles. The Kier molecular flexibility index (Phi) is 12.7. The van der Waals surface area contributed by atoms with Crippen LogP contribution in [0.3, 0.4) is 0 Å². The number of carbonyl (C=O) groups excluding carboxylic acids is 5. The van der Waals surface area contributed by atoms with Crippen molar-refractivity contribution in [2.45, 2.75) is 91.0 Å². The van der Waals surface area contributed by atoms with Crippen LogP contribution in [0.4, 0.5) is 18.0 Å². The lowest BCUT2D eigenvalue weighted by Crippen LogP contribution is -2.62. The van der Waals surface area contributed by atoms with E-state index in [-0.39, 0.29) is 46.6 Å². The van der Waals surface area contributed by atoms with Gasteiger partial charge in [0.25, 0.3) is 5.91 Å². The molecule has 0 spiro atoms. The van der Waals surface area contributed by atoms with Crippen LogP contribution in [0, 0.1) is 22.7 Å². The summed E-state index contributed by atoms with van der Waals surface area (Å²) in [7, 11) is -4.97. The molecule has 5 amide bonds. The van der Waals surface area contributed by atoms with Crippen LogP contribution >= 0.6 is 0 Å². The van der Waals surface area contributed by atoms with E-state index in [1.807, 2.05) is 13.8 Å². The molecule has 0 bridgehead atoms. The van der Waals surface area contributed by atoms with Crippen LogP contribution in [0.2, 0.25) is 0 Å². The van der Waals surface area contributed by atoms with E-state index >= 15 is 0 Å². The first-order chi connectivity index (χ1) is 21.8. The molecule has 1 heterocycles. The molecule has 17 heteroatoms. The van der Waals surface area contributed by atoms with Crippen molar-refractivity contribution in [3.05, 3.63) is 24.8 Å². The molecule has 0 aromatic carbocycles. The van der Waals surface area contributed by atoms with Gasteiger partial charge in [-0.25, -0.2) is 13.2 Å². The fourth-order valence-electron chi connectivity index (χ4n) is 6.04. The number of sulfonamides is 1. The number of fused-ring (bicyclic) bond motifs is 1. The molecule has 0 radical (unpaired) electrons. The molecular formula is C31H49F3N6O7S. The van der Waals surface area contributed by atoms with Crippen LogP contribution in [-0.2, 0) is 29.2 Å². The van der Waals surface area contributed by atoms with E-state index in [4.69, 9.17) is 0 Å². The van der Waals surface area contributed by atoms with Gasteiger partial charge in [-0.15, -0.1) is 6.58 Å². The Morgan fingerprint density at radius 1 is 1.06 bits per heavy atom. The zero-order valence-electron chi connectivity index (χ0n) is 28.8. The smallest absolute Gasteiger partial charge is 0.346 e. The van der Waals surface area contributed by atoms with Crippen LogP contribution in [0.15, 0.2) is 24.8 Å². The van der Waals surface area contributed by atoms with Gasteiger partial charge in [0.05, 0.1) is 12.1 Å². The number of ketones is 1. The number of carbonyl (C=O) groups is 5. The summed E-state index contributed by atoms with van der Waals surface area (Å²) < 4.78 is 62.9. The van der Waals surface area contributed by atoms with E-state index in [1.165, 1.54) is 17.9 Å². The summed E-state index contributed by atoms with van der Waals surface area (Å²) in [4.78, 5) is 67.8. The van der Waals surface area contributed by atoms with E-state index in [9.17, 15) is 45.6 Å². The summed E-state index contributed by atoms with van der Waals surface area (Å²) in [5.41, 5.74) is -6.63. The zero-order chi connectivity index (χ0) is 37.2. The van der Waals surface area contributed by atoms with Gasteiger partial charge in [-0.2, -0.15) is 17.5 Å². The Bertz CT molecular complexity index is 1410. The molecule has 48 heavy (non-hydrogen) atoms. The minimum absolute atomic E-state index is 0.0539. The standard InChI is InChI=1S/C31H49F3N6O7S/c1-11-13-19(23(41)26(43)35-14-12-2)36-25(42)22-21-18(30(21,8)9)15-40(22)27(44)24(29(5,6)7)38-28(45)37-20(17(3)4)16-39(10)48(46,47)31(32,33)34/h12,18-22,24H,2-3,11,13-16H2,1,4-10H3,(H,35,43)(H,36,42)(H2,37,38,45)/t18-,19?,20+,21-,22-,24+/m0/s1. The number of likely N-dealkylation sites (N-methyl/N-ethyl adjacent to an activating group) is 1. The molecule has 1 aliphatic carbocycles. The van der Waals surface area contributed by atoms with Crippen LogP contribution in [0.25, 0.3) is 0 Å². The van der Waals surface area contributed by atoms with E-state index in [0.717, 1.165) is 7.05 Å². The number of nitrogens with zero attached hydrogens (tertiary/aromatic N) is 2. The molecular weight excluding hydrogens is 657 g/mol. The molecule has 6 atom stereocenters. The van der Waals surface area contributed by atoms with Gasteiger partial charge in [0.15, 0.2) is 0 Å². The predicted molar refractivity (Wildman–Crippen MR) is 172 cm³/mol. The molecule has 0 aromatic rings. The minimum Gasteiger partial charge on any atom is -0.346 e. The zero-order valence-corrected chi connectivity index (χ0v) is 29.6. The second-order valence-electron chi connectivity index (χ2n) is 14.1. The van der Waals surface area contributed by atoms with Gasteiger partial charge in [0.2, 0.25) is 17.6 Å². The summed E-state index contributed by atoms with van der Waals surface area (Å²) in [5, 5.41) is 10.1. The summed E-state index contributed by atoms with van der Waals surface area (Å²) >= 11 is 0. The van der Waals surface area contributed by atoms with Gasteiger partial charge in [0.1, 0.15) is 12.1 Å². The number of alkyl halides is 3. The van der Waals surface area contributed by atoms with Gasteiger partial charge in [-0.05, 0) is 36.0 Å². The highest BCUT2D eigenvalue weighted by Gasteiger charge is 2.70. The number of hydrogen-bond donors (Lipinski definition) is 4. The number of hydrogen-bond acceptors (Lipinski definition) is 7. The van der Waals surface area contributed by atoms with Crippen LogP contribution in [0.1, 0.15) is 61.3 Å². The number of likely N-dealkylation sites (tertiary alicyclic amines) is 1. The summed E-state index contributed by atoms with van der Waals surface area (Å²) in [6, 6.07) is -5.61. The number of urea groups is 1. The molecule has 272 valence electrons. The average Bonchev–Trinajstić information content (AvgIpc) is 3.27. The molecule has 2 rings (SSSR count). The number of amides is 5. The molecule has 2 aliphatic rings. The number of piperidine rings is 1. The van der Waals surface area contributed by atoms with E-state index in [0.29, 0.717) is 6.42 Å². The maximum Gasteiger partial charge on any atom is 0.511 e. The van der Waals surface area contributed by atoms with Gasteiger partial charge < -0.3 is 26.2 Å². The lowest BCUT2D eigenvalue weighted by molar-refractivity contribution is -0.145. The lowest BCUT2D eigenvalue weighted by atomic mass is 9.85. The predicted octanol–water partition coefficient (Wildman–Crippen LogP) is 2.07. The molecule has 2 fully saturated rings. The Morgan fingerprint density at radius 3 is 2.12 bits per heavy atom. The van der Waals surface area contributed by atoms with Crippen molar-refractivity contribution < 1.29 is 45.6 Å². The number of rotatable bonds is 15. The Morgan fingerprint density at radius 2 is 1.65 bits per heavy atom. The highest BCUT2D eigenvalue weighted by molar-refractivity contribution is 7.89. The normalized spacial score (nSPS) is 22.1. The summed E-state index contributed by atoms with van der Waals surface area (Å²) in [6.07, 6.45) is 2.07. The van der Waals surface area contributed by atoms with Gasteiger partial charge in [-0.1, -0.05) is 66.2 Å². The highest BCUT2D eigenvalue weighted by Crippen LogP contribution is 2.65. The molecule has 1 unspecified atom stereocenters. The Labute approximate surface area is 280 Å². The van der Waals surface area contributed by atoms with Crippen LogP contribution in [0.5, 0.6) is 0 Å². The summed E-state index contributed by atoms with van der Waals surface area (Å²) in [5.74, 6) is -3.25. The van der Waals surface area contributed by atoms with Gasteiger partial charge in [-0.3, -0.25) is 19.2 Å². The largest absolute Gasteiger partial charge is 0.511 e. The molecule has 13 nitrogen and oxygen atoms in total. The van der Waals surface area contributed by atoms with Crippen molar-refractivity contribution in [2.75, 3.05) is 26.7 Å². The minimum atomic E-state index is -5.69. The molecule has 0 aromatic heterocycles. The SMILES string of the molecule is C=CCNC(=O)C(=O)C(CCC)NC(=O)[C@@H]1[C@@H]2[C@H](CN1C(=O)[C@@H](NC(=O)N[C@H](CN(C)S(=O)(=O)C(F)(F)F)C(=C)C)C(C)(C)C)C2(C)C. The van der Waals surface area contributed by atoms with Crippen LogP contribution in [-0.4, -0.2) is 104 Å². The van der Waals surface area contributed by atoms with Gasteiger partial charge in [0, 0.05) is 26.7 Å². The van der Waals surface area contributed by atoms with Crippen molar-refractivity contribution in [1.82, 2.24) is 30.5 Å². The van der Waals surface area contributed by atoms with Crippen molar-refractivity contribution in [3.63, 3.8) is 0 Å². The van der Waals surface area contributed by atoms with Crippen molar-refractivity contribution in [3.8, 4) is 0 Å². The number of Topliss-reactive ketones (excluding diaryl/α,β-unsaturated/α-hetero) is 1. The fraction of sp³-hybridized carbons (Fsp3) is 0.710. The molecule has 1 saturated heterocycles.